The summed E-state index contributed by atoms with van der Waals surface area (Å²) in [6.45, 7) is 4.08. The van der Waals surface area contributed by atoms with Crippen LogP contribution in [0.5, 0.6) is 5.75 Å². The lowest BCUT2D eigenvalue weighted by Crippen LogP contribution is -2.41. The summed E-state index contributed by atoms with van der Waals surface area (Å²) < 4.78 is 9.78. The molecule has 0 amide bonds. The second-order valence-corrected chi connectivity index (χ2v) is 4.92. The van der Waals surface area contributed by atoms with Crippen molar-refractivity contribution in [2.45, 2.75) is 26.4 Å². The quantitative estimate of drug-likeness (QED) is 0.469. The van der Waals surface area contributed by atoms with E-state index in [0.29, 0.717) is 17.9 Å². The highest BCUT2D eigenvalue weighted by molar-refractivity contribution is 5.75. The number of esters is 1. The molecule has 1 atom stereocenters. The van der Waals surface area contributed by atoms with Crippen molar-refractivity contribution in [3.05, 3.63) is 33.9 Å². The van der Waals surface area contributed by atoms with Crippen LogP contribution in [0.25, 0.3) is 0 Å². The maximum absolute atomic E-state index is 11.7. The molecule has 0 spiro atoms. The van der Waals surface area contributed by atoms with Crippen LogP contribution >= 0.6 is 0 Å². The molecule has 0 aromatic heterocycles. The van der Waals surface area contributed by atoms with Gasteiger partial charge >= 0.3 is 5.97 Å². The fraction of sp³-hybridized carbons (Fsp3) is 0.500. The number of nitro groups is 1. The number of nitrogens with one attached hydrogen (secondary N) is 1. The molecule has 1 rings (SSSR count). The third-order valence-electron chi connectivity index (χ3n) is 3.05. The number of benzene rings is 1. The van der Waals surface area contributed by atoms with E-state index in [1.807, 2.05) is 13.8 Å². The first kappa shape index (κ1) is 16.9. The van der Waals surface area contributed by atoms with Crippen LogP contribution in [0.15, 0.2) is 18.2 Å². The molecule has 7 heteroatoms. The van der Waals surface area contributed by atoms with Crippen molar-refractivity contribution >= 4 is 11.7 Å². The second-order valence-electron chi connectivity index (χ2n) is 4.92. The van der Waals surface area contributed by atoms with Crippen LogP contribution in [-0.2, 0) is 16.1 Å². The van der Waals surface area contributed by atoms with Gasteiger partial charge in [0.2, 0.25) is 0 Å². The lowest BCUT2D eigenvalue weighted by Gasteiger charge is -2.20. The van der Waals surface area contributed by atoms with E-state index >= 15 is 0 Å². The van der Waals surface area contributed by atoms with Crippen molar-refractivity contribution < 1.29 is 19.2 Å². The Labute approximate surface area is 123 Å². The predicted octanol–water partition coefficient (Wildman–Crippen LogP) is 1.89. The first-order chi connectivity index (χ1) is 9.88. The zero-order valence-corrected chi connectivity index (χ0v) is 12.6. The summed E-state index contributed by atoms with van der Waals surface area (Å²) in [5.74, 6) is 0.0839. The van der Waals surface area contributed by atoms with Gasteiger partial charge in [0.1, 0.15) is 11.8 Å². The number of nitro benzene ring substituents is 1. The molecule has 21 heavy (non-hydrogen) atoms. The normalized spacial score (nSPS) is 12.0. The number of carbonyl (C=O) groups is 1. The van der Waals surface area contributed by atoms with Crippen LogP contribution in [0.4, 0.5) is 5.69 Å². The number of non-ortho nitro benzene ring substituents is 1. The number of rotatable bonds is 7. The van der Waals surface area contributed by atoms with Gasteiger partial charge < -0.3 is 14.8 Å². The molecule has 7 nitrogen and oxygen atoms in total. The average Bonchev–Trinajstić information content (AvgIpc) is 2.46. The molecule has 1 aromatic rings. The summed E-state index contributed by atoms with van der Waals surface area (Å²) >= 11 is 0. The molecule has 0 heterocycles. The summed E-state index contributed by atoms with van der Waals surface area (Å²) in [7, 11) is 2.78. The van der Waals surface area contributed by atoms with E-state index in [-0.39, 0.29) is 17.6 Å². The third-order valence-corrected chi connectivity index (χ3v) is 3.05. The van der Waals surface area contributed by atoms with Crippen LogP contribution in [0.1, 0.15) is 19.4 Å². The fourth-order valence-electron chi connectivity index (χ4n) is 1.91. The van der Waals surface area contributed by atoms with Gasteiger partial charge in [-0.15, -0.1) is 0 Å². The van der Waals surface area contributed by atoms with E-state index in [1.54, 1.807) is 6.07 Å². The zero-order chi connectivity index (χ0) is 16.0. The number of hydrogen-bond donors (Lipinski definition) is 1. The first-order valence-electron chi connectivity index (χ1n) is 6.52. The molecule has 0 saturated carbocycles. The van der Waals surface area contributed by atoms with Gasteiger partial charge in [0.15, 0.2) is 0 Å². The predicted molar refractivity (Wildman–Crippen MR) is 77.1 cm³/mol. The minimum atomic E-state index is -0.480. The molecule has 1 N–H and O–H groups in total. The van der Waals surface area contributed by atoms with Crippen molar-refractivity contribution in [2.24, 2.45) is 5.92 Å². The fourth-order valence-corrected chi connectivity index (χ4v) is 1.91. The van der Waals surface area contributed by atoms with Gasteiger partial charge in [-0.25, -0.2) is 0 Å². The highest BCUT2D eigenvalue weighted by Crippen LogP contribution is 2.22. The summed E-state index contributed by atoms with van der Waals surface area (Å²) in [5.41, 5.74) is 0.612. The number of nitrogens with zero attached hydrogens (tertiary/aromatic N) is 1. The summed E-state index contributed by atoms with van der Waals surface area (Å²) in [5, 5.41) is 13.9. The Kier molecular flexibility index (Phi) is 6.10. The van der Waals surface area contributed by atoms with Gasteiger partial charge in [0, 0.05) is 12.6 Å². The molecular weight excluding hydrogens is 276 g/mol. The SMILES string of the molecule is COC(=O)C(NCc1cc(OC)cc([N+](=O)[O-])c1)C(C)C. The van der Waals surface area contributed by atoms with Crippen LogP contribution in [-0.4, -0.2) is 31.2 Å². The standard InChI is InChI=1S/C14H20N2O5/c1-9(2)13(14(17)21-4)15-8-10-5-11(16(18)19)7-12(6-10)20-3/h5-7,9,13,15H,8H2,1-4H3. The van der Waals surface area contributed by atoms with Crippen LogP contribution < -0.4 is 10.1 Å². The maximum atomic E-state index is 11.7. The Hall–Kier alpha value is -2.15. The first-order valence-corrected chi connectivity index (χ1v) is 6.52. The Balaban J connectivity index is 2.89. The Morgan fingerprint density at radius 3 is 2.48 bits per heavy atom. The van der Waals surface area contributed by atoms with Crippen molar-refractivity contribution in [3.63, 3.8) is 0 Å². The molecule has 0 aliphatic carbocycles. The van der Waals surface area contributed by atoms with Crippen molar-refractivity contribution in [3.8, 4) is 5.75 Å². The number of carbonyl (C=O) groups excluding carboxylic acids is 1. The third kappa shape index (κ3) is 4.71. The summed E-state index contributed by atoms with van der Waals surface area (Å²) in [6.07, 6.45) is 0. The number of hydrogen-bond acceptors (Lipinski definition) is 6. The molecule has 0 saturated heterocycles. The summed E-state index contributed by atoms with van der Waals surface area (Å²) in [6, 6.07) is 4.02. The largest absolute Gasteiger partial charge is 0.496 e. The van der Waals surface area contributed by atoms with Crippen LogP contribution in [0, 0.1) is 16.0 Å². The van der Waals surface area contributed by atoms with E-state index in [1.165, 1.54) is 26.4 Å². The molecule has 1 unspecified atom stereocenters. The van der Waals surface area contributed by atoms with Crippen LogP contribution in [0.2, 0.25) is 0 Å². The van der Waals surface area contributed by atoms with Gasteiger partial charge in [0.25, 0.3) is 5.69 Å². The van der Waals surface area contributed by atoms with Gasteiger partial charge in [-0.2, -0.15) is 0 Å². The minimum Gasteiger partial charge on any atom is -0.496 e. The maximum Gasteiger partial charge on any atom is 0.323 e. The Morgan fingerprint density at radius 1 is 1.33 bits per heavy atom. The zero-order valence-electron chi connectivity index (χ0n) is 12.6. The van der Waals surface area contributed by atoms with E-state index in [2.05, 4.69) is 5.32 Å². The number of ether oxygens (including phenoxy) is 2. The molecule has 0 radical (unpaired) electrons. The van der Waals surface area contributed by atoms with Gasteiger partial charge in [0.05, 0.1) is 25.2 Å². The van der Waals surface area contributed by atoms with Gasteiger partial charge in [-0.3, -0.25) is 14.9 Å². The molecule has 0 aliphatic heterocycles. The highest BCUT2D eigenvalue weighted by Gasteiger charge is 2.22. The number of methoxy groups -OCH3 is 2. The molecule has 0 aliphatic rings. The molecule has 116 valence electrons. The second kappa shape index (κ2) is 7.58. The van der Waals surface area contributed by atoms with E-state index in [4.69, 9.17) is 9.47 Å². The molecule has 0 fully saturated rings. The van der Waals surface area contributed by atoms with Crippen LogP contribution in [0.3, 0.4) is 0 Å². The topological polar surface area (TPSA) is 90.7 Å². The smallest absolute Gasteiger partial charge is 0.323 e. The highest BCUT2D eigenvalue weighted by atomic mass is 16.6. The molecular formula is C14H20N2O5. The lowest BCUT2D eigenvalue weighted by atomic mass is 10.0. The lowest BCUT2D eigenvalue weighted by molar-refractivity contribution is -0.385. The van der Waals surface area contributed by atoms with Crippen molar-refractivity contribution in [1.29, 1.82) is 0 Å². The van der Waals surface area contributed by atoms with Gasteiger partial charge in [-0.05, 0) is 17.5 Å². The minimum absolute atomic E-state index is 0.0399. The van der Waals surface area contributed by atoms with Crippen molar-refractivity contribution in [2.75, 3.05) is 14.2 Å². The van der Waals surface area contributed by atoms with E-state index in [9.17, 15) is 14.9 Å². The average molecular weight is 296 g/mol. The van der Waals surface area contributed by atoms with E-state index < -0.39 is 11.0 Å². The van der Waals surface area contributed by atoms with Crippen molar-refractivity contribution in [1.82, 2.24) is 5.32 Å². The monoisotopic (exact) mass is 296 g/mol. The van der Waals surface area contributed by atoms with E-state index in [0.717, 1.165) is 0 Å². The summed E-state index contributed by atoms with van der Waals surface area (Å²) in [4.78, 5) is 22.1. The molecule has 0 bridgehead atoms. The Morgan fingerprint density at radius 2 is 2.00 bits per heavy atom. The molecule has 1 aromatic carbocycles. The Bertz CT molecular complexity index is 516. The van der Waals surface area contributed by atoms with Gasteiger partial charge in [-0.1, -0.05) is 13.8 Å².